The summed E-state index contributed by atoms with van der Waals surface area (Å²) in [5.41, 5.74) is 0. The van der Waals surface area contributed by atoms with E-state index in [9.17, 15) is 4.21 Å². The van der Waals surface area contributed by atoms with Crippen molar-refractivity contribution in [2.75, 3.05) is 5.75 Å². The van der Waals surface area contributed by atoms with Crippen LogP contribution < -0.4 is 0 Å². The Morgan fingerprint density at radius 1 is 1.40 bits per heavy atom. The first kappa shape index (κ1) is 12.7. The standard InChI is InChI=1S/C12H21NOS/c1-11-6-5-7-12(10-11)15(14)9-4-2-3-8-13/h11-12H,2-7,9-10H2,1H3. The Bertz CT molecular complexity index is 246. The van der Waals surface area contributed by atoms with Crippen molar-refractivity contribution in [3.8, 4) is 6.07 Å². The Kier molecular flexibility index (Phi) is 5.93. The molecule has 0 heterocycles. The maximum Gasteiger partial charge on any atom is 0.0621 e. The zero-order valence-electron chi connectivity index (χ0n) is 9.58. The smallest absolute Gasteiger partial charge is 0.0621 e. The number of hydrogen-bond donors (Lipinski definition) is 0. The van der Waals surface area contributed by atoms with Gasteiger partial charge in [-0.25, -0.2) is 0 Å². The molecular formula is C12H21NOS. The fraction of sp³-hybridized carbons (Fsp3) is 0.917. The molecule has 1 fully saturated rings. The third-order valence-electron chi connectivity index (χ3n) is 3.14. The van der Waals surface area contributed by atoms with Crippen molar-refractivity contribution in [2.24, 2.45) is 5.92 Å². The minimum atomic E-state index is -0.640. The summed E-state index contributed by atoms with van der Waals surface area (Å²) >= 11 is 0. The summed E-state index contributed by atoms with van der Waals surface area (Å²) in [6, 6.07) is 2.13. The van der Waals surface area contributed by atoms with Crippen LogP contribution in [0.15, 0.2) is 0 Å². The van der Waals surface area contributed by atoms with E-state index in [0.717, 1.165) is 37.4 Å². The highest BCUT2D eigenvalue weighted by molar-refractivity contribution is 7.85. The molecule has 0 aromatic heterocycles. The number of nitriles is 1. The highest BCUT2D eigenvalue weighted by Gasteiger charge is 2.23. The summed E-state index contributed by atoms with van der Waals surface area (Å²) in [6.07, 6.45) is 7.31. The molecule has 0 aliphatic heterocycles. The summed E-state index contributed by atoms with van der Waals surface area (Å²) in [5.74, 6) is 1.56. The molecule has 0 aromatic carbocycles. The van der Waals surface area contributed by atoms with Crippen molar-refractivity contribution in [3.05, 3.63) is 0 Å². The Balaban J connectivity index is 2.18. The number of unbranched alkanes of at least 4 members (excludes halogenated alkanes) is 2. The molecule has 1 aliphatic rings. The van der Waals surface area contributed by atoms with Crippen molar-refractivity contribution in [2.45, 2.75) is 57.1 Å². The maximum absolute atomic E-state index is 11.9. The van der Waals surface area contributed by atoms with E-state index in [1.165, 1.54) is 12.8 Å². The Morgan fingerprint density at radius 2 is 2.20 bits per heavy atom. The molecule has 0 bridgehead atoms. The van der Waals surface area contributed by atoms with Gasteiger partial charge < -0.3 is 0 Å². The van der Waals surface area contributed by atoms with Gasteiger partial charge in [0.2, 0.25) is 0 Å². The van der Waals surface area contributed by atoms with Gasteiger partial charge in [0.25, 0.3) is 0 Å². The molecule has 3 atom stereocenters. The van der Waals surface area contributed by atoms with Crippen molar-refractivity contribution < 1.29 is 4.21 Å². The van der Waals surface area contributed by atoms with Gasteiger partial charge in [-0.3, -0.25) is 4.21 Å². The van der Waals surface area contributed by atoms with Gasteiger partial charge in [-0.1, -0.05) is 19.8 Å². The van der Waals surface area contributed by atoms with Gasteiger partial charge in [0, 0.05) is 28.2 Å². The van der Waals surface area contributed by atoms with Crippen molar-refractivity contribution >= 4 is 10.8 Å². The van der Waals surface area contributed by atoms with E-state index in [2.05, 4.69) is 13.0 Å². The maximum atomic E-state index is 11.9. The van der Waals surface area contributed by atoms with Crippen LogP contribution in [0.1, 0.15) is 51.9 Å². The fourth-order valence-electron chi connectivity index (χ4n) is 2.23. The van der Waals surface area contributed by atoms with Crippen molar-refractivity contribution in [3.63, 3.8) is 0 Å². The van der Waals surface area contributed by atoms with E-state index < -0.39 is 10.8 Å². The molecule has 0 aromatic rings. The molecule has 0 N–H and O–H groups in total. The zero-order valence-corrected chi connectivity index (χ0v) is 10.4. The molecule has 0 radical (unpaired) electrons. The minimum Gasteiger partial charge on any atom is -0.259 e. The molecule has 0 spiro atoms. The lowest BCUT2D eigenvalue weighted by atomic mass is 9.91. The molecule has 0 saturated heterocycles. The molecule has 15 heavy (non-hydrogen) atoms. The summed E-state index contributed by atoms with van der Waals surface area (Å²) in [5, 5.41) is 8.83. The number of rotatable bonds is 5. The van der Waals surface area contributed by atoms with Crippen LogP contribution in [0.2, 0.25) is 0 Å². The second-order valence-corrected chi connectivity index (χ2v) is 6.43. The first-order chi connectivity index (χ1) is 7.24. The van der Waals surface area contributed by atoms with E-state index in [0.29, 0.717) is 11.7 Å². The van der Waals surface area contributed by atoms with Crippen LogP contribution in [0.3, 0.4) is 0 Å². The first-order valence-electron chi connectivity index (χ1n) is 5.98. The predicted molar refractivity (Wildman–Crippen MR) is 63.9 cm³/mol. The van der Waals surface area contributed by atoms with E-state index in [4.69, 9.17) is 5.26 Å². The first-order valence-corrected chi connectivity index (χ1v) is 7.36. The molecule has 3 heteroatoms. The summed E-state index contributed by atoms with van der Waals surface area (Å²) in [6.45, 7) is 2.26. The second kappa shape index (κ2) is 7.00. The molecule has 3 unspecified atom stereocenters. The SMILES string of the molecule is CC1CCCC(S(=O)CCCCC#N)C1. The van der Waals surface area contributed by atoms with E-state index >= 15 is 0 Å². The van der Waals surface area contributed by atoms with E-state index in [1.807, 2.05) is 0 Å². The third-order valence-corrected chi connectivity index (χ3v) is 5.01. The minimum absolute atomic E-state index is 0.441. The lowest BCUT2D eigenvalue weighted by Crippen LogP contribution is -2.24. The highest BCUT2D eigenvalue weighted by atomic mass is 32.2. The predicted octanol–water partition coefficient (Wildman–Crippen LogP) is 3.01. The van der Waals surface area contributed by atoms with E-state index in [1.54, 1.807) is 0 Å². The van der Waals surface area contributed by atoms with Crippen LogP contribution in [0.4, 0.5) is 0 Å². The zero-order chi connectivity index (χ0) is 11.1. The van der Waals surface area contributed by atoms with Crippen LogP contribution in [0.25, 0.3) is 0 Å². The van der Waals surface area contributed by atoms with Gasteiger partial charge in [-0.05, 0) is 31.6 Å². The van der Waals surface area contributed by atoms with Crippen LogP contribution >= 0.6 is 0 Å². The molecule has 86 valence electrons. The monoisotopic (exact) mass is 227 g/mol. The van der Waals surface area contributed by atoms with E-state index in [-0.39, 0.29) is 0 Å². The van der Waals surface area contributed by atoms with Gasteiger partial charge in [0.05, 0.1) is 6.07 Å². The molecule has 0 amide bonds. The average molecular weight is 227 g/mol. The summed E-state index contributed by atoms with van der Waals surface area (Å²) in [4.78, 5) is 0. The van der Waals surface area contributed by atoms with Crippen LogP contribution in [0, 0.1) is 17.2 Å². The number of nitrogens with zero attached hydrogens (tertiary/aromatic N) is 1. The van der Waals surface area contributed by atoms with Gasteiger partial charge in [-0.2, -0.15) is 5.26 Å². The normalized spacial score (nSPS) is 28.3. The molecular weight excluding hydrogens is 206 g/mol. The average Bonchev–Trinajstić information content (AvgIpc) is 2.24. The molecule has 1 aliphatic carbocycles. The summed E-state index contributed by atoms with van der Waals surface area (Å²) in [7, 11) is -0.640. The van der Waals surface area contributed by atoms with Gasteiger partial charge in [0.1, 0.15) is 0 Å². The lowest BCUT2D eigenvalue weighted by Gasteiger charge is -2.25. The van der Waals surface area contributed by atoms with Crippen LogP contribution in [-0.2, 0) is 10.8 Å². The molecule has 2 nitrogen and oxygen atoms in total. The lowest BCUT2D eigenvalue weighted by molar-refractivity contribution is 0.389. The third kappa shape index (κ3) is 4.79. The van der Waals surface area contributed by atoms with Crippen LogP contribution in [0.5, 0.6) is 0 Å². The Hall–Kier alpha value is -0.360. The fourth-order valence-corrected chi connectivity index (χ4v) is 4.03. The topological polar surface area (TPSA) is 40.9 Å². The van der Waals surface area contributed by atoms with Crippen molar-refractivity contribution in [1.82, 2.24) is 0 Å². The van der Waals surface area contributed by atoms with Crippen LogP contribution in [-0.4, -0.2) is 15.2 Å². The van der Waals surface area contributed by atoms with Gasteiger partial charge >= 0.3 is 0 Å². The summed E-state index contributed by atoms with van der Waals surface area (Å²) < 4.78 is 11.9. The Morgan fingerprint density at radius 3 is 2.87 bits per heavy atom. The highest BCUT2D eigenvalue weighted by Crippen LogP contribution is 2.27. The van der Waals surface area contributed by atoms with Crippen molar-refractivity contribution in [1.29, 1.82) is 5.26 Å². The van der Waals surface area contributed by atoms with Gasteiger partial charge in [0.15, 0.2) is 0 Å². The second-order valence-electron chi connectivity index (χ2n) is 4.59. The largest absolute Gasteiger partial charge is 0.259 e. The molecule has 1 rings (SSSR count). The Labute approximate surface area is 95.5 Å². The number of hydrogen-bond acceptors (Lipinski definition) is 2. The molecule has 1 saturated carbocycles. The van der Waals surface area contributed by atoms with Gasteiger partial charge in [-0.15, -0.1) is 0 Å². The quantitative estimate of drug-likeness (QED) is 0.677.